The van der Waals surface area contributed by atoms with E-state index in [1.807, 2.05) is 0 Å². The second-order valence-corrected chi connectivity index (χ2v) is 6.19. The lowest BCUT2D eigenvalue weighted by Gasteiger charge is -2.36. The molecule has 1 fully saturated rings. The molecule has 1 aromatic heterocycles. The highest BCUT2D eigenvalue weighted by molar-refractivity contribution is 7.16. The minimum Gasteiger partial charge on any atom is -0.384 e. The van der Waals surface area contributed by atoms with E-state index >= 15 is 0 Å². The van der Waals surface area contributed by atoms with Crippen molar-refractivity contribution in [2.45, 2.75) is 37.5 Å². The summed E-state index contributed by atoms with van der Waals surface area (Å²) in [5, 5.41) is 10.3. The molecule has 2 rings (SSSR count). The van der Waals surface area contributed by atoms with Crippen LogP contribution in [0.25, 0.3) is 0 Å². The summed E-state index contributed by atoms with van der Waals surface area (Å²) >= 11 is 6.91. The monoisotopic (exact) mass is 284 g/mol. The molecule has 0 aliphatic heterocycles. The number of rotatable bonds is 1. The van der Waals surface area contributed by atoms with Crippen LogP contribution in [0.1, 0.15) is 30.6 Å². The van der Waals surface area contributed by atoms with E-state index in [2.05, 4.69) is 0 Å². The van der Waals surface area contributed by atoms with Crippen LogP contribution in [0.4, 0.5) is 13.2 Å². The average Bonchev–Trinajstić information content (AvgIpc) is 2.64. The van der Waals surface area contributed by atoms with E-state index in [1.54, 1.807) is 12.1 Å². The van der Waals surface area contributed by atoms with Crippen LogP contribution >= 0.6 is 22.9 Å². The van der Waals surface area contributed by atoms with Gasteiger partial charge in [-0.05, 0) is 37.8 Å². The van der Waals surface area contributed by atoms with E-state index in [0.717, 1.165) is 11.3 Å². The number of halogens is 4. The zero-order valence-electron chi connectivity index (χ0n) is 8.93. The first-order chi connectivity index (χ1) is 7.81. The van der Waals surface area contributed by atoms with E-state index in [9.17, 15) is 18.3 Å². The van der Waals surface area contributed by atoms with E-state index < -0.39 is 17.7 Å². The normalized spacial score (nSPS) is 30.5. The summed E-state index contributed by atoms with van der Waals surface area (Å²) in [6.45, 7) is 0. The Morgan fingerprint density at radius 2 is 2.12 bits per heavy atom. The van der Waals surface area contributed by atoms with Crippen LogP contribution in [0, 0.1) is 5.92 Å². The summed E-state index contributed by atoms with van der Waals surface area (Å²) < 4.78 is 38.5. The van der Waals surface area contributed by atoms with Gasteiger partial charge in [-0.25, -0.2) is 0 Å². The van der Waals surface area contributed by atoms with Gasteiger partial charge in [0.15, 0.2) is 0 Å². The maximum atomic E-state index is 12.7. The van der Waals surface area contributed by atoms with Crippen molar-refractivity contribution in [3.8, 4) is 0 Å². The lowest BCUT2D eigenvalue weighted by Crippen LogP contribution is -2.37. The predicted octanol–water partition coefficient (Wildman–Crippen LogP) is 4.34. The second-order valence-electron chi connectivity index (χ2n) is 4.47. The molecule has 1 heterocycles. The molecule has 0 bridgehead atoms. The van der Waals surface area contributed by atoms with Crippen molar-refractivity contribution in [3.05, 3.63) is 21.3 Å². The first-order valence-electron chi connectivity index (χ1n) is 5.36. The Hall–Kier alpha value is -0.260. The lowest BCUT2D eigenvalue weighted by molar-refractivity contribution is -0.201. The van der Waals surface area contributed by atoms with E-state index in [-0.39, 0.29) is 12.8 Å². The first-order valence-corrected chi connectivity index (χ1v) is 6.56. The fourth-order valence-corrected chi connectivity index (χ4v) is 3.49. The number of aliphatic hydroxyl groups is 1. The van der Waals surface area contributed by atoms with Crippen LogP contribution in [0.3, 0.4) is 0 Å². The summed E-state index contributed by atoms with van der Waals surface area (Å²) in [5.74, 6) is -1.41. The lowest BCUT2D eigenvalue weighted by atomic mass is 9.77. The maximum absolute atomic E-state index is 12.7. The second kappa shape index (κ2) is 4.44. The molecule has 1 aromatic rings. The number of hydrogen-bond acceptors (Lipinski definition) is 2. The highest BCUT2D eigenvalue weighted by Gasteiger charge is 2.48. The van der Waals surface area contributed by atoms with Crippen molar-refractivity contribution in [2.75, 3.05) is 0 Å². The molecule has 0 radical (unpaired) electrons. The number of alkyl halides is 3. The van der Waals surface area contributed by atoms with Crippen LogP contribution in [-0.2, 0) is 5.60 Å². The third-order valence-electron chi connectivity index (χ3n) is 3.22. The maximum Gasteiger partial charge on any atom is 0.391 e. The zero-order chi connectivity index (χ0) is 12.7. The van der Waals surface area contributed by atoms with Crippen LogP contribution in [0.2, 0.25) is 4.34 Å². The van der Waals surface area contributed by atoms with Gasteiger partial charge in [0.25, 0.3) is 0 Å². The van der Waals surface area contributed by atoms with Crippen LogP contribution < -0.4 is 0 Å². The molecular formula is C11H12ClF3OS. The highest BCUT2D eigenvalue weighted by Crippen LogP contribution is 2.47. The minimum absolute atomic E-state index is 0.102. The predicted molar refractivity (Wildman–Crippen MR) is 61.2 cm³/mol. The van der Waals surface area contributed by atoms with Gasteiger partial charge >= 0.3 is 6.18 Å². The van der Waals surface area contributed by atoms with E-state index in [4.69, 9.17) is 11.6 Å². The summed E-state index contributed by atoms with van der Waals surface area (Å²) in [4.78, 5) is 0.538. The van der Waals surface area contributed by atoms with E-state index in [0.29, 0.717) is 22.1 Å². The molecule has 1 N–H and O–H groups in total. The molecule has 2 unspecified atom stereocenters. The molecule has 0 spiro atoms. The van der Waals surface area contributed by atoms with Crippen molar-refractivity contribution in [2.24, 2.45) is 5.92 Å². The van der Waals surface area contributed by atoms with Crippen molar-refractivity contribution < 1.29 is 18.3 Å². The SMILES string of the molecule is OC1(c2ccc(Cl)s2)CCCC(C(F)(F)F)C1. The third kappa shape index (κ3) is 2.77. The van der Waals surface area contributed by atoms with Gasteiger partial charge in [0, 0.05) is 4.88 Å². The Morgan fingerprint density at radius 1 is 1.41 bits per heavy atom. The quantitative estimate of drug-likeness (QED) is 0.813. The van der Waals surface area contributed by atoms with Gasteiger partial charge in [-0.15, -0.1) is 11.3 Å². The third-order valence-corrected chi connectivity index (χ3v) is 4.65. The largest absolute Gasteiger partial charge is 0.391 e. The molecule has 2 atom stereocenters. The van der Waals surface area contributed by atoms with Gasteiger partial charge in [0.2, 0.25) is 0 Å². The van der Waals surface area contributed by atoms with Crippen LogP contribution in [0.15, 0.2) is 12.1 Å². The fraction of sp³-hybridized carbons (Fsp3) is 0.636. The molecule has 0 amide bonds. The molecular weight excluding hydrogens is 273 g/mol. The van der Waals surface area contributed by atoms with Gasteiger partial charge in [0.1, 0.15) is 0 Å². The van der Waals surface area contributed by atoms with Crippen molar-refractivity contribution in [1.29, 1.82) is 0 Å². The number of thiophene rings is 1. The molecule has 1 nitrogen and oxygen atoms in total. The molecule has 1 aliphatic carbocycles. The molecule has 96 valence electrons. The summed E-state index contributed by atoms with van der Waals surface area (Å²) in [7, 11) is 0. The van der Waals surface area contributed by atoms with Crippen LogP contribution in [0.5, 0.6) is 0 Å². The van der Waals surface area contributed by atoms with Crippen molar-refractivity contribution in [3.63, 3.8) is 0 Å². The van der Waals surface area contributed by atoms with Crippen LogP contribution in [-0.4, -0.2) is 11.3 Å². The molecule has 1 saturated carbocycles. The number of hydrogen-bond donors (Lipinski definition) is 1. The summed E-state index contributed by atoms with van der Waals surface area (Å²) in [6.07, 6.45) is -3.62. The Bertz CT molecular complexity index is 404. The molecule has 1 aliphatic rings. The first kappa shape index (κ1) is 13.2. The zero-order valence-corrected chi connectivity index (χ0v) is 10.5. The van der Waals surface area contributed by atoms with Gasteiger partial charge in [-0.1, -0.05) is 11.6 Å². The summed E-state index contributed by atoms with van der Waals surface area (Å²) in [5.41, 5.74) is -1.36. The Labute approximate surface area is 106 Å². The standard InChI is InChI=1S/C11H12ClF3OS/c12-9-4-3-8(17-9)10(16)5-1-2-7(6-10)11(13,14)15/h3-4,7,16H,1-2,5-6H2. The molecule has 0 aromatic carbocycles. The van der Waals surface area contributed by atoms with E-state index in [1.165, 1.54) is 0 Å². The Kier molecular flexibility index (Phi) is 3.45. The Balaban J connectivity index is 2.21. The van der Waals surface area contributed by atoms with Gasteiger partial charge in [0.05, 0.1) is 15.9 Å². The Morgan fingerprint density at radius 3 is 2.65 bits per heavy atom. The highest BCUT2D eigenvalue weighted by atomic mass is 35.5. The topological polar surface area (TPSA) is 20.2 Å². The average molecular weight is 285 g/mol. The summed E-state index contributed by atoms with van der Waals surface area (Å²) in [6, 6.07) is 3.22. The van der Waals surface area contributed by atoms with Gasteiger partial charge < -0.3 is 5.11 Å². The molecule has 17 heavy (non-hydrogen) atoms. The van der Waals surface area contributed by atoms with Gasteiger partial charge in [-0.2, -0.15) is 13.2 Å². The van der Waals surface area contributed by atoms with Crippen molar-refractivity contribution in [1.82, 2.24) is 0 Å². The fourth-order valence-electron chi connectivity index (χ4n) is 2.32. The van der Waals surface area contributed by atoms with Crippen molar-refractivity contribution >= 4 is 22.9 Å². The molecule has 0 saturated heterocycles. The minimum atomic E-state index is -4.23. The van der Waals surface area contributed by atoms with Gasteiger partial charge in [-0.3, -0.25) is 0 Å². The smallest absolute Gasteiger partial charge is 0.384 e. The molecule has 6 heteroatoms.